The van der Waals surface area contributed by atoms with Crippen LogP contribution in [0.25, 0.3) is 0 Å². The lowest BCUT2D eigenvalue weighted by molar-refractivity contribution is 0.175. The van der Waals surface area contributed by atoms with E-state index in [4.69, 9.17) is 4.74 Å². The largest absolute Gasteiger partial charge is 0.508 e. The van der Waals surface area contributed by atoms with Gasteiger partial charge in [-0.25, -0.2) is 0 Å². The minimum Gasteiger partial charge on any atom is -0.508 e. The van der Waals surface area contributed by atoms with Gasteiger partial charge in [0.1, 0.15) is 17.6 Å². The van der Waals surface area contributed by atoms with Crippen molar-refractivity contribution in [3.63, 3.8) is 0 Å². The van der Waals surface area contributed by atoms with Gasteiger partial charge in [-0.05, 0) is 67.1 Å². The second kappa shape index (κ2) is 4.61. The molecule has 1 aliphatic rings. The Labute approximate surface area is 113 Å². The quantitative estimate of drug-likeness (QED) is 0.831. The molecule has 0 saturated carbocycles. The van der Waals surface area contributed by atoms with Crippen LogP contribution in [-0.4, -0.2) is 5.11 Å². The molecule has 1 atom stereocenters. The fourth-order valence-corrected chi connectivity index (χ4v) is 2.91. The van der Waals surface area contributed by atoms with Crippen molar-refractivity contribution in [3.8, 4) is 11.5 Å². The summed E-state index contributed by atoms with van der Waals surface area (Å²) in [6.07, 6.45) is 2.03. The molecule has 2 heteroatoms. The molecule has 3 rings (SSSR count). The van der Waals surface area contributed by atoms with Crippen LogP contribution in [0.3, 0.4) is 0 Å². The van der Waals surface area contributed by atoms with Crippen LogP contribution >= 0.6 is 0 Å². The topological polar surface area (TPSA) is 29.5 Å². The number of aryl methyl sites for hydroxylation is 3. The Kier molecular flexibility index (Phi) is 2.94. The third-order valence-corrected chi connectivity index (χ3v) is 3.85. The molecule has 19 heavy (non-hydrogen) atoms. The molecule has 2 nitrogen and oxygen atoms in total. The first kappa shape index (κ1) is 12.1. The molecule has 1 N–H and O–H groups in total. The Hall–Kier alpha value is -1.96. The Morgan fingerprint density at radius 3 is 2.58 bits per heavy atom. The molecule has 0 unspecified atom stereocenters. The van der Waals surface area contributed by atoms with Crippen molar-refractivity contribution >= 4 is 0 Å². The molecular weight excluding hydrogens is 236 g/mol. The van der Waals surface area contributed by atoms with Crippen molar-refractivity contribution in [2.45, 2.75) is 32.8 Å². The molecule has 2 aromatic carbocycles. The number of ether oxygens (including phenoxy) is 1. The van der Waals surface area contributed by atoms with E-state index < -0.39 is 0 Å². The molecule has 0 radical (unpaired) electrons. The van der Waals surface area contributed by atoms with E-state index in [-0.39, 0.29) is 6.10 Å². The Morgan fingerprint density at radius 1 is 1.11 bits per heavy atom. The highest BCUT2D eigenvalue weighted by molar-refractivity contribution is 5.43. The smallest absolute Gasteiger partial charge is 0.125 e. The maximum atomic E-state index is 9.50. The highest BCUT2D eigenvalue weighted by Gasteiger charge is 2.23. The van der Waals surface area contributed by atoms with Crippen LogP contribution in [0.1, 0.15) is 34.8 Å². The van der Waals surface area contributed by atoms with Crippen LogP contribution in [0.2, 0.25) is 0 Å². The maximum Gasteiger partial charge on any atom is 0.125 e. The summed E-state index contributed by atoms with van der Waals surface area (Å²) in [6.45, 7) is 4.27. The van der Waals surface area contributed by atoms with Crippen LogP contribution in [0.15, 0.2) is 36.4 Å². The van der Waals surface area contributed by atoms with Gasteiger partial charge in [-0.1, -0.05) is 18.2 Å². The fraction of sp³-hybridized carbons (Fsp3) is 0.294. The summed E-state index contributed by atoms with van der Waals surface area (Å²) in [5.41, 5.74) is 4.98. The summed E-state index contributed by atoms with van der Waals surface area (Å²) >= 11 is 0. The molecule has 0 aromatic heterocycles. The van der Waals surface area contributed by atoms with Gasteiger partial charge in [0.05, 0.1) is 0 Å². The Balaban J connectivity index is 1.96. The molecule has 1 aliphatic heterocycles. The fourth-order valence-electron chi connectivity index (χ4n) is 2.91. The number of phenolic OH excluding ortho intramolecular Hbond substituents is 1. The number of benzene rings is 2. The number of hydrogen-bond donors (Lipinski definition) is 1. The average molecular weight is 254 g/mol. The SMILES string of the molecule is Cc1cccc(C)c1[C@H]1CCc2cc(O)ccc2O1. The highest BCUT2D eigenvalue weighted by atomic mass is 16.5. The number of phenols is 1. The highest BCUT2D eigenvalue weighted by Crippen LogP contribution is 2.38. The third-order valence-electron chi connectivity index (χ3n) is 3.85. The molecule has 0 saturated heterocycles. The first-order valence-electron chi connectivity index (χ1n) is 6.70. The predicted octanol–water partition coefficient (Wildman–Crippen LogP) is 4.08. The zero-order chi connectivity index (χ0) is 13.4. The van der Waals surface area contributed by atoms with Gasteiger partial charge in [0, 0.05) is 0 Å². The van der Waals surface area contributed by atoms with Crippen LogP contribution in [0, 0.1) is 13.8 Å². The van der Waals surface area contributed by atoms with Crippen LogP contribution < -0.4 is 4.74 Å². The van der Waals surface area contributed by atoms with Crippen molar-refractivity contribution < 1.29 is 9.84 Å². The van der Waals surface area contributed by atoms with Gasteiger partial charge >= 0.3 is 0 Å². The normalized spacial score (nSPS) is 17.7. The van der Waals surface area contributed by atoms with E-state index >= 15 is 0 Å². The second-order valence-corrected chi connectivity index (χ2v) is 5.24. The van der Waals surface area contributed by atoms with E-state index in [0.717, 1.165) is 24.2 Å². The second-order valence-electron chi connectivity index (χ2n) is 5.24. The van der Waals surface area contributed by atoms with Gasteiger partial charge in [-0.15, -0.1) is 0 Å². The zero-order valence-corrected chi connectivity index (χ0v) is 11.3. The Morgan fingerprint density at radius 2 is 1.84 bits per heavy atom. The number of aromatic hydroxyl groups is 1. The molecule has 0 spiro atoms. The van der Waals surface area contributed by atoms with Gasteiger partial charge in [-0.2, -0.15) is 0 Å². The van der Waals surface area contributed by atoms with Crippen LogP contribution in [-0.2, 0) is 6.42 Å². The summed E-state index contributed by atoms with van der Waals surface area (Å²) in [5, 5.41) is 9.50. The molecule has 2 aromatic rings. The summed E-state index contributed by atoms with van der Waals surface area (Å²) in [4.78, 5) is 0. The summed E-state index contributed by atoms with van der Waals surface area (Å²) in [7, 11) is 0. The van der Waals surface area contributed by atoms with Crippen molar-refractivity contribution in [2.75, 3.05) is 0 Å². The Bertz CT molecular complexity index is 596. The van der Waals surface area contributed by atoms with E-state index in [1.807, 2.05) is 6.07 Å². The van der Waals surface area contributed by atoms with E-state index in [9.17, 15) is 5.11 Å². The third kappa shape index (κ3) is 2.19. The van der Waals surface area contributed by atoms with Crippen molar-refractivity contribution in [2.24, 2.45) is 0 Å². The van der Waals surface area contributed by atoms with E-state index in [0.29, 0.717) is 5.75 Å². The minimum atomic E-state index is 0.123. The molecule has 1 heterocycles. The first-order chi connectivity index (χ1) is 9.15. The van der Waals surface area contributed by atoms with Crippen molar-refractivity contribution in [1.29, 1.82) is 0 Å². The lowest BCUT2D eigenvalue weighted by Gasteiger charge is -2.28. The number of hydrogen-bond acceptors (Lipinski definition) is 2. The zero-order valence-electron chi connectivity index (χ0n) is 11.3. The van der Waals surface area contributed by atoms with Crippen molar-refractivity contribution in [1.82, 2.24) is 0 Å². The van der Waals surface area contributed by atoms with Gasteiger partial charge in [0.25, 0.3) is 0 Å². The minimum absolute atomic E-state index is 0.123. The summed E-state index contributed by atoms with van der Waals surface area (Å²) < 4.78 is 6.12. The molecular formula is C17H18O2. The predicted molar refractivity (Wildman–Crippen MR) is 75.7 cm³/mol. The first-order valence-corrected chi connectivity index (χ1v) is 6.70. The van der Waals surface area contributed by atoms with Gasteiger partial charge < -0.3 is 9.84 Å². The summed E-state index contributed by atoms with van der Waals surface area (Å²) in [5.74, 6) is 1.21. The lowest BCUT2D eigenvalue weighted by atomic mass is 9.92. The summed E-state index contributed by atoms with van der Waals surface area (Å²) in [6, 6.07) is 11.7. The lowest BCUT2D eigenvalue weighted by Crippen LogP contribution is -2.17. The molecule has 0 fully saturated rings. The van der Waals surface area contributed by atoms with Gasteiger partial charge in [0.2, 0.25) is 0 Å². The molecule has 0 amide bonds. The molecule has 98 valence electrons. The van der Waals surface area contributed by atoms with Crippen molar-refractivity contribution in [3.05, 3.63) is 58.7 Å². The molecule has 0 aliphatic carbocycles. The van der Waals surface area contributed by atoms with E-state index in [1.54, 1.807) is 12.1 Å². The standard InChI is InChI=1S/C17H18O2/c1-11-4-3-5-12(2)17(11)16-8-6-13-10-14(18)7-9-15(13)19-16/h3-5,7,9-10,16,18H,6,8H2,1-2H3/t16-/m1/s1. The maximum absolute atomic E-state index is 9.50. The average Bonchev–Trinajstić information content (AvgIpc) is 2.38. The monoisotopic (exact) mass is 254 g/mol. The van der Waals surface area contributed by atoms with Gasteiger partial charge in [-0.3, -0.25) is 0 Å². The van der Waals surface area contributed by atoms with Gasteiger partial charge in [0.15, 0.2) is 0 Å². The van der Waals surface area contributed by atoms with E-state index in [2.05, 4.69) is 32.0 Å². The van der Waals surface area contributed by atoms with E-state index in [1.165, 1.54) is 16.7 Å². The number of fused-ring (bicyclic) bond motifs is 1. The van der Waals surface area contributed by atoms with Crippen LogP contribution in [0.4, 0.5) is 0 Å². The number of rotatable bonds is 1. The van der Waals surface area contributed by atoms with Crippen LogP contribution in [0.5, 0.6) is 11.5 Å². The molecule has 0 bridgehead atoms.